The summed E-state index contributed by atoms with van der Waals surface area (Å²) in [6.45, 7) is 13.7. The van der Waals surface area contributed by atoms with E-state index in [2.05, 4.69) is 21.7 Å². The molecule has 0 fully saturated rings. The average Bonchev–Trinajstić information content (AvgIpc) is 3.18. The minimum Gasteiger partial charge on any atom is -0.308 e. The molecule has 6 nitrogen and oxygen atoms in total. The molecule has 3 atom stereocenters. The first-order valence-corrected chi connectivity index (χ1v) is 10.6. The van der Waals surface area contributed by atoms with Crippen molar-refractivity contribution >= 4 is 5.78 Å². The van der Waals surface area contributed by atoms with Crippen molar-refractivity contribution in [1.82, 2.24) is 19.7 Å². The normalized spacial score (nSPS) is 24.7. The topological polar surface area (TPSA) is 65.0 Å². The molecule has 31 heavy (non-hydrogen) atoms. The first-order valence-electron chi connectivity index (χ1n) is 10.6. The van der Waals surface area contributed by atoms with Crippen molar-refractivity contribution in [3.63, 3.8) is 0 Å². The molecular formula is C25H23N5O. The van der Waals surface area contributed by atoms with Gasteiger partial charge in [0.2, 0.25) is 5.70 Å². The van der Waals surface area contributed by atoms with Crippen LogP contribution in [0.15, 0.2) is 54.5 Å². The second kappa shape index (κ2) is 6.98. The van der Waals surface area contributed by atoms with Crippen molar-refractivity contribution in [3.05, 3.63) is 82.7 Å². The van der Waals surface area contributed by atoms with Gasteiger partial charge in [-0.05, 0) is 49.4 Å². The standard InChI is InChI=1S/C25H23N5O/c1-15-8-11-21(28-14-15)30-24-17(22(29-30)19-7-5-6-12-27-19)9-10-18-16(2)23(31)20(26-4)13-25(18,24)3/h5-8,11-14,16,18H,9-10H2,1-3H3/t16-,18-,25-/m1/s1. The van der Waals surface area contributed by atoms with Gasteiger partial charge in [0.05, 0.1) is 18.0 Å². The molecule has 0 unspecified atom stereocenters. The summed E-state index contributed by atoms with van der Waals surface area (Å²) >= 11 is 0. The number of nitrogens with zero attached hydrogens (tertiary/aromatic N) is 5. The first kappa shape index (κ1) is 19.4. The molecule has 0 bridgehead atoms. The van der Waals surface area contributed by atoms with Crippen LogP contribution in [0.4, 0.5) is 0 Å². The number of Topliss-reactive ketones (excluding diaryl/α,β-unsaturated/α-hetero) is 1. The van der Waals surface area contributed by atoms with Crippen LogP contribution in [0.1, 0.15) is 37.1 Å². The van der Waals surface area contributed by atoms with Gasteiger partial charge in [0.25, 0.3) is 0 Å². The SMILES string of the molecule is [C-]#[N+]C1=C[C@@]2(C)c3c(c(-c4ccccn4)nn3-c3ccc(C)cn3)CC[C@@H]2[C@@H](C)C1=O. The third-order valence-corrected chi connectivity index (χ3v) is 6.82. The Morgan fingerprint density at radius 2 is 2.06 bits per heavy atom. The van der Waals surface area contributed by atoms with Crippen LogP contribution < -0.4 is 0 Å². The lowest BCUT2D eigenvalue weighted by Crippen LogP contribution is -2.46. The highest BCUT2D eigenvalue weighted by Gasteiger charge is 2.50. The van der Waals surface area contributed by atoms with E-state index in [0.717, 1.165) is 46.9 Å². The van der Waals surface area contributed by atoms with Gasteiger partial charge in [0.15, 0.2) is 11.6 Å². The van der Waals surface area contributed by atoms with Gasteiger partial charge in [0, 0.05) is 29.3 Å². The van der Waals surface area contributed by atoms with E-state index in [1.54, 1.807) is 6.20 Å². The molecule has 0 spiro atoms. The highest BCUT2D eigenvalue weighted by atomic mass is 16.1. The number of aromatic nitrogens is 4. The van der Waals surface area contributed by atoms with Crippen molar-refractivity contribution in [2.45, 2.75) is 39.0 Å². The largest absolute Gasteiger partial charge is 0.308 e. The molecular weight excluding hydrogens is 386 g/mol. The quantitative estimate of drug-likeness (QED) is 0.586. The number of hydrogen-bond acceptors (Lipinski definition) is 4. The summed E-state index contributed by atoms with van der Waals surface area (Å²) in [4.78, 5) is 25.5. The van der Waals surface area contributed by atoms with Gasteiger partial charge in [-0.3, -0.25) is 4.98 Å². The van der Waals surface area contributed by atoms with Gasteiger partial charge in [-0.2, -0.15) is 5.10 Å². The summed E-state index contributed by atoms with van der Waals surface area (Å²) in [5.41, 5.74) is 4.62. The maximum absolute atomic E-state index is 12.8. The maximum atomic E-state index is 12.8. The average molecular weight is 409 g/mol. The summed E-state index contributed by atoms with van der Waals surface area (Å²) in [5, 5.41) is 4.99. The van der Waals surface area contributed by atoms with Crippen LogP contribution in [0.5, 0.6) is 0 Å². The fourth-order valence-electron chi connectivity index (χ4n) is 5.28. The van der Waals surface area contributed by atoms with Crippen LogP contribution >= 0.6 is 0 Å². The molecule has 6 heteroatoms. The van der Waals surface area contributed by atoms with E-state index in [9.17, 15) is 4.79 Å². The van der Waals surface area contributed by atoms with Gasteiger partial charge in [0.1, 0.15) is 5.69 Å². The lowest BCUT2D eigenvalue weighted by molar-refractivity contribution is -0.121. The lowest BCUT2D eigenvalue weighted by Gasteiger charge is -2.45. The summed E-state index contributed by atoms with van der Waals surface area (Å²) < 4.78 is 1.91. The van der Waals surface area contributed by atoms with Crippen LogP contribution in [0.3, 0.4) is 0 Å². The number of carbonyl (C=O) groups excluding carboxylic acids is 1. The summed E-state index contributed by atoms with van der Waals surface area (Å²) in [5.74, 6) is 0.578. The maximum Gasteiger partial charge on any atom is 0.226 e. The van der Waals surface area contributed by atoms with Crippen molar-refractivity contribution in [2.24, 2.45) is 11.8 Å². The van der Waals surface area contributed by atoms with Gasteiger partial charge in [-0.1, -0.05) is 32.1 Å². The predicted octanol–water partition coefficient (Wildman–Crippen LogP) is 4.48. The molecule has 2 aliphatic rings. The van der Waals surface area contributed by atoms with Gasteiger partial charge in [-0.15, -0.1) is 0 Å². The van der Waals surface area contributed by atoms with Crippen LogP contribution in [-0.2, 0) is 16.6 Å². The molecule has 0 saturated carbocycles. The zero-order valence-corrected chi connectivity index (χ0v) is 17.8. The van der Waals surface area contributed by atoms with Gasteiger partial charge < -0.3 is 4.79 Å². The molecule has 0 amide bonds. The fraction of sp³-hybridized carbons (Fsp3) is 0.320. The van der Waals surface area contributed by atoms with Crippen LogP contribution in [0.2, 0.25) is 0 Å². The summed E-state index contributed by atoms with van der Waals surface area (Å²) in [6.07, 6.45) is 7.16. The zero-order valence-electron chi connectivity index (χ0n) is 17.8. The number of pyridine rings is 2. The van der Waals surface area contributed by atoms with Crippen LogP contribution in [0, 0.1) is 25.3 Å². The number of rotatable bonds is 2. The Balaban J connectivity index is 1.82. The minimum atomic E-state index is -0.493. The Morgan fingerprint density at radius 3 is 2.74 bits per heavy atom. The van der Waals surface area contributed by atoms with E-state index in [4.69, 9.17) is 11.7 Å². The van der Waals surface area contributed by atoms with Crippen molar-refractivity contribution < 1.29 is 4.79 Å². The molecule has 5 rings (SSSR count). The van der Waals surface area contributed by atoms with Crippen molar-refractivity contribution in [2.75, 3.05) is 0 Å². The van der Waals surface area contributed by atoms with E-state index in [0.29, 0.717) is 0 Å². The van der Waals surface area contributed by atoms with Crippen LogP contribution in [-0.4, -0.2) is 25.5 Å². The smallest absolute Gasteiger partial charge is 0.226 e. The third-order valence-electron chi connectivity index (χ3n) is 6.82. The molecule has 0 N–H and O–H groups in total. The third kappa shape index (κ3) is 2.84. The Hall–Kier alpha value is -3.59. The van der Waals surface area contributed by atoms with E-state index < -0.39 is 5.41 Å². The number of allylic oxidation sites excluding steroid dienone is 2. The van der Waals surface area contributed by atoms with Gasteiger partial charge in [-0.25, -0.2) is 14.5 Å². The Kier molecular flexibility index (Phi) is 4.37. The number of aryl methyl sites for hydroxylation is 1. The monoisotopic (exact) mass is 409 g/mol. The van der Waals surface area contributed by atoms with Gasteiger partial charge >= 0.3 is 0 Å². The second-order valence-electron chi connectivity index (χ2n) is 8.72. The molecule has 0 aliphatic heterocycles. The molecule has 3 heterocycles. The number of fused-ring (bicyclic) bond motifs is 3. The summed E-state index contributed by atoms with van der Waals surface area (Å²) in [7, 11) is 0. The van der Waals surface area contributed by atoms with E-state index in [1.165, 1.54) is 0 Å². The second-order valence-corrected chi connectivity index (χ2v) is 8.72. The molecule has 154 valence electrons. The number of ketones is 1. The molecule has 0 radical (unpaired) electrons. The lowest BCUT2D eigenvalue weighted by atomic mass is 9.58. The minimum absolute atomic E-state index is 0.0506. The van der Waals surface area contributed by atoms with Crippen molar-refractivity contribution in [3.8, 4) is 17.2 Å². The van der Waals surface area contributed by atoms with E-state index in [-0.39, 0.29) is 23.3 Å². The Bertz CT molecular complexity index is 1250. The Labute approximate surface area is 181 Å². The van der Waals surface area contributed by atoms with E-state index in [1.807, 2.05) is 61.1 Å². The van der Waals surface area contributed by atoms with Crippen molar-refractivity contribution in [1.29, 1.82) is 0 Å². The first-order chi connectivity index (χ1) is 14.9. The highest BCUT2D eigenvalue weighted by molar-refractivity contribution is 6.00. The molecule has 3 aromatic heterocycles. The predicted molar refractivity (Wildman–Crippen MR) is 117 cm³/mol. The van der Waals surface area contributed by atoms with E-state index >= 15 is 0 Å². The van der Waals surface area contributed by atoms with Crippen LogP contribution in [0.25, 0.3) is 22.1 Å². The zero-order chi connectivity index (χ0) is 21.8. The highest BCUT2D eigenvalue weighted by Crippen LogP contribution is 2.52. The summed E-state index contributed by atoms with van der Waals surface area (Å²) in [6, 6.07) is 9.81. The molecule has 0 aromatic carbocycles. The molecule has 2 aliphatic carbocycles. The molecule has 0 saturated heterocycles. The Morgan fingerprint density at radius 1 is 1.23 bits per heavy atom. The number of hydrogen-bond donors (Lipinski definition) is 0. The molecule has 3 aromatic rings. The number of carbonyl (C=O) groups is 1. The fourth-order valence-corrected chi connectivity index (χ4v) is 5.28.